The Morgan fingerprint density at radius 1 is 1.10 bits per heavy atom. The van der Waals surface area contributed by atoms with Crippen LogP contribution in [0.1, 0.15) is 21.8 Å². The van der Waals surface area contributed by atoms with Crippen LogP contribution in [0, 0.1) is 0 Å². The van der Waals surface area contributed by atoms with E-state index in [0.717, 1.165) is 0 Å². The van der Waals surface area contributed by atoms with Gasteiger partial charge in [0.1, 0.15) is 0 Å². The number of carboxylic acid groups (broad SMARTS) is 1. The van der Waals surface area contributed by atoms with Crippen molar-refractivity contribution in [2.75, 3.05) is 6.54 Å². The number of nitrogens with one attached hydrogen (secondary N) is 1. The van der Waals surface area contributed by atoms with Crippen LogP contribution < -0.4 is 5.32 Å². The minimum Gasteiger partial charge on any atom is -0.481 e. The van der Waals surface area contributed by atoms with Gasteiger partial charge in [0.25, 0.3) is 5.91 Å². The number of carboxylic acids is 1. The van der Waals surface area contributed by atoms with Gasteiger partial charge in [-0.15, -0.1) is 0 Å². The summed E-state index contributed by atoms with van der Waals surface area (Å²) in [6, 6.07) is 15.3. The normalized spacial score (nSPS) is 11.7. The highest BCUT2D eigenvalue weighted by Gasteiger charge is 2.20. The van der Waals surface area contributed by atoms with E-state index in [1.54, 1.807) is 42.5 Å². The Labute approximate surface area is 127 Å². The summed E-state index contributed by atoms with van der Waals surface area (Å²) in [7, 11) is 0. The first-order valence-corrected chi connectivity index (χ1v) is 6.77. The van der Waals surface area contributed by atoms with Crippen LogP contribution in [-0.2, 0) is 4.79 Å². The zero-order valence-corrected chi connectivity index (χ0v) is 11.9. The van der Waals surface area contributed by atoms with Crippen molar-refractivity contribution < 1.29 is 14.7 Å². The number of hydrogen-bond donors (Lipinski definition) is 2. The highest BCUT2D eigenvalue weighted by Crippen LogP contribution is 2.15. The molecule has 0 aliphatic heterocycles. The molecular weight excluding hydrogens is 290 g/mol. The summed E-state index contributed by atoms with van der Waals surface area (Å²) in [6.07, 6.45) is 0. The molecule has 0 saturated carbocycles. The maximum Gasteiger partial charge on any atom is 0.312 e. The van der Waals surface area contributed by atoms with Gasteiger partial charge in [0.15, 0.2) is 0 Å². The second kappa shape index (κ2) is 6.90. The summed E-state index contributed by atoms with van der Waals surface area (Å²) in [6.45, 7) is 0.0185. The van der Waals surface area contributed by atoms with Gasteiger partial charge in [0, 0.05) is 17.1 Å². The third-order valence-electron chi connectivity index (χ3n) is 3.05. The Balaban J connectivity index is 2.06. The van der Waals surface area contributed by atoms with E-state index in [9.17, 15) is 14.7 Å². The van der Waals surface area contributed by atoms with E-state index in [-0.39, 0.29) is 12.5 Å². The molecule has 0 radical (unpaired) electrons. The standard InChI is InChI=1S/C16H14ClNO3/c17-13-8-4-7-12(9-13)15(19)18-10-14(16(20)21)11-5-2-1-3-6-11/h1-9,14H,10H2,(H,18,19)(H,20,21). The molecule has 2 rings (SSSR count). The average Bonchev–Trinajstić information content (AvgIpc) is 2.48. The van der Waals surface area contributed by atoms with Crippen LogP contribution in [0.4, 0.5) is 0 Å². The molecule has 0 bridgehead atoms. The predicted molar refractivity (Wildman–Crippen MR) is 80.6 cm³/mol. The molecule has 4 nitrogen and oxygen atoms in total. The fourth-order valence-corrected chi connectivity index (χ4v) is 2.15. The molecule has 0 aliphatic rings. The van der Waals surface area contributed by atoms with Gasteiger partial charge in [-0.1, -0.05) is 48.0 Å². The molecule has 1 amide bonds. The molecule has 2 N–H and O–H groups in total. The monoisotopic (exact) mass is 303 g/mol. The van der Waals surface area contributed by atoms with Crippen molar-refractivity contribution in [1.82, 2.24) is 5.32 Å². The van der Waals surface area contributed by atoms with Crippen LogP contribution in [-0.4, -0.2) is 23.5 Å². The van der Waals surface area contributed by atoms with Crippen molar-refractivity contribution in [3.8, 4) is 0 Å². The van der Waals surface area contributed by atoms with Gasteiger partial charge in [-0.25, -0.2) is 0 Å². The Morgan fingerprint density at radius 3 is 2.43 bits per heavy atom. The first kappa shape index (κ1) is 15.1. The van der Waals surface area contributed by atoms with Crippen LogP contribution in [0.15, 0.2) is 54.6 Å². The summed E-state index contributed by atoms with van der Waals surface area (Å²) < 4.78 is 0. The second-order valence-corrected chi connectivity index (χ2v) is 4.96. The molecular formula is C16H14ClNO3. The Hall–Kier alpha value is -2.33. The van der Waals surface area contributed by atoms with Gasteiger partial charge in [0.2, 0.25) is 0 Å². The third kappa shape index (κ3) is 4.07. The van der Waals surface area contributed by atoms with Crippen LogP contribution >= 0.6 is 11.6 Å². The number of halogens is 1. The lowest BCUT2D eigenvalue weighted by Crippen LogP contribution is -2.31. The van der Waals surface area contributed by atoms with E-state index in [1.807, 2.05) is 6.07 Å². The fourth-order valence-electron chi connectivity index (χ4n) is 1.96. The van der Waals surface area contributed by atoms with Crippen molar-refractivity contribution in [3.63, 3.8) is 0 Å². The summed E-state index contributed by atoms with van der Waals surface area (Å²) in [5.74, 6) is -2.11. The lowest BCUT2D eigenvalue weighted by Gasteiger charge is -2.14. The molecule has 0 heterocycles. The van der Waals surface area contributed by atoms with Crippen molar-refractivity contribution in [2.45, 2.75) is 5.92 Å². The maximum absolute atomic E-state index is 12.0. The van der Waals surface area contributed by atoms with E-state index < -0.39 is 11.9 Å². The molecule has 0 fully saturated rings. The topological polar surface area (TPSA) is 66.4 Å². The highest BCUT2D eigenvalue weighted by molar-refractivity contribution is 6.30. The molecule has 0 spiro atoms. The number of benzene rings is 2. The lowest BCUT2D eigenvalue weighted by molar-refractivity contribution is -0.138. The Morgan fingerprint density at radius 2 is 1.81 bits per heavy atom. The zero-order chi connectivity index (χ0) is 15.2. The molecule has 21 heavy (non-hydrogen) atoms. The minimum absolute atomic E-state index is 0.0185. The van der Waals surface area contributed by atoms with Gasteiger partial charge in [-0.3, -0.25) is 9.59 Å². The van der Waals surface area contributed by atoms with Crippen molar-refractivity contribution in [2.24, 2.45) is 0 Å². The molecule has 0 saturated heterocycles. The summed E-state index contributed by atoms with van der Waals surface area (Å²) in [5, 5.41) is 12.4. The number of amides is 1. The molecule has 2 aromatic rings. The number of rotatable bonds is 5. The molecule has 0 aliphatic carbocycles. The molecule has 108 valence electrons. The van der Waals surface area contributed by atoms with Gasteiger partial charge >= 0.3 is 5.97 Å². The highest BCUT2D eigenvalue weighted by atomic mass is 35.5. The predicted octanol–water partition coefficient (Wildman–Crippen LogP) is 2.94. The number of carbonyl (C=O) groups is 2. The molecule has 0 aromatic heterocycles. The smallest absolute Gasteiger partial charge is 0.312 e. The van der Waals surface area contributed by atoms with E-state index >= 15 is 0 Å². The van der Waals surface area contributed by atoms with E-state index in [4.69, 9.17) is 11.6 Å². The van der Waals surface area contributed by atoms with Crippen molar-refractivity contribution in [3.05, 3.63) is 70.7 Å². The Kier molecular flexibility index (Phi) is 4.95. The van der Waals surface area contributed by atoms with E-state index in [0.29, 0.717) is 16.1 Å². The van der Waals surface area contributed by atoms with Crippen LogP contribution in [0.3, 0.4) is 0 Å². The van der Waals surface area contributed by atoms with Gasteiger partial charge < -0.3 is 10.4 Å². The number of hydrogen-bond acceptors (Lipinski definition) is 2. The summed E-state index contributed by atoms with van der Waals surface area (Å²) in [4.78, 5) is 23.3. The second-order valence-electron chi connectivity index (χ2n) is 4.52. The third-order valence-corrected chi connectivity index (χ3v) is 3.29. The van der Waals surface area contributed by atoms with Crippen molar-refractivity contribution >= 4 is 23.5 Å². The minimum atomic E-state index is -0.979. The fraction of sp³-hybridized carbons (Fsp3) is 0.125. The summed E-state index contributed by atoms with van der Waals surface area (Å²) >= 11 is 5.82. The van der Waals surface area contributed by atoms with E-state index in [2.05, 4.69) is 5.32 Å². The van der Waals surface area contributed by atoms with Crippen LogP contribution in [0.5, 0.6) is 0 Å². The first-order chi connectivity index (χ1) is 10.1. The maximum atomic E-state index is 12.0. The number of aliphatic carboxylic acids is 1. The molecule has 1 unspecified atom stereocenters. The van der Waals surface area contributed by atoms with Crippen molar-refractivity contribution in [1.29, 1.82) is 0 Å². The summed E-state index contributed by atoms with van der Waals surface area (Å²) in [5.41, 5.74) is 1.05. The molecule has 5 heteroatoms. The number of carbonyl (C=O) groups excluding carboxylic acids is 1. The lowest BCUT2D eigenvalue weighted by atomic mass is 9.99. The Bertz CT molecular complexity index is 643. The largest absolute Gasteiger partial charge is 0.481 e. The SMILES string of the molecule is O=C(NCC(C(=O)O)c1ccccc1)c1cccc(Cl)c1. The first-order valence-electron chi connectivity index (χ1n) is 6.39. The van der Waals surface area contributed by atoms with Gasteiger partial charge in [-0.05, 0) is 23.8 Å². The average molecular weight is 304 g/mol. The molecule has 1 atom stereocenters. The zero-order valence-electron chi connectivity index (χ0n) is 11.1. The van der Waals surface area contributed by atoms with Gasteiger partial charge in [0.05, 0.1) is 5.92 Å². The van der Waals surface area contributed by atoms with Crippen LogP contribution in [0.2, 0.25) is 5.02 Å². The quantitative estimate of drug-likeness (QED) is 0.892. The van der Waals surface area contributed by atoms with E-state index in [1.165, 1.54) is 6.07 Å². The van der Waals surface area contributed by atoms with Gasteiger partial charge in [-0.2, -0.15) is 0 Å². The molecule has 2 aromatic carbocycles. The van der Waals surface area contributed by atoms with Crippen LogP contribution in [0.25, 0.3) is 0 Å².